The molecule has 1 fully saturated rings. The van der Waals surface area contributed by atoms with Crippen LogP contribution in [-0.2, 0) is 0 Å². The molecular formula is C17H19N5O. The summed E-state index contributed by atoms with van der Waals surface area (Å²) >= 11 is 0. The summed E-state index contributed by atoms with van der Waals surface area (Å²) < 4.78 is 5.12. The fraction of sp³-hybridized carbons (Fsp3) is 0.353. The second-order valence-corrected chi connectivity index (χ2v) is 5.51. The third-order valence-electron chi connectivity index (χ3n) is 4.06. The summed E-state index contributed by atoms with van der Waals surface area (Å²) in [7, 11) is 1.60. The van der Waals surface area contributed by atoms with Gasteiger partial charge >= 0.3 is 0 Å². The van der Waals surface area contributed by atoms with Gasteiger partial charge in [-0.2, -0.15) is 5.26 Å². The Morgan fingerprint density at radius 1 is 1.22 bits per heavy atom. The van der Waals surface area contributed by atoms with Crippen LogP contribution in [-0.4, -0.2) is 36.2 Å². The number of hydrogen-bond acceptors (Lipinski definition) is 6. The van der Waals surface area contributed by atoms with E-state index in [2.05, 4.69) is 26.3 Å². The predicted octanol–water partition coefficient (Wildman–Crippen LogP) is 2.44. The minimum absolute atomic E-state index is 0.393. The summed E-state index contributed by atoms with van der Waals surface area (Å²) in [4.78, 5) is 10.6. The van der Waals surface area contributed by atoms with E-state index in [0.717, 1.165) is 31.7 Å². The van der Waals surface area contributed by atoms with Gasteiger partial charge in [0.25, 0.3) is 0 Å². The lowest BCUT2D eigenvalue weighted by atomic mass is 10.0. The summed E-state index contributed by atoms with van der Waals surface area (Å²) in [5.74, 6) is 1.37. The first-order valence-electron chi connectivity index (χ1n) is 7.66. The van der Waals surface area contributed by atoms with Crippen LogP contribution in [0, 0.1) is 11.3 Å². The van der Waals surface area contributed by atoms with Gasteiger partial charge in [-0.1, -0.05) is 0 Å². The molecule has 1 aromatic carbocycles. The van der Waals surface area contributed by atoms with E-state index in [-0.39, 0.29) is 0 Å². The number of aromatic nitrogens is 2. The number of nitriles is 1. The number of piperidine rings is 1. The smallest absolute Gasteiger partial charge is 0.218 e. The molecule has 6 nitrogen and oxygen atoms in total. The van der Waals surface area contributed by atoms with Crippen LogP contribution >= 0.6 is 0 Å². The molecular weight excluding hydrogens is 290 g/mol. The Labute approximate surface area is 135 Å². The number of rotatable bonds is 4. The van der Waals surface area contributed by atoms with E-state index in [1.807, 2.05) is 30.3 Å². The fourth-order valence-corrected chi connectivity index (χ4v) is 2.77. The van der Waals surface area contributed by atoms with E-state index < -0.39 is 0 Å². The largest absolute Gasteiger partial charge is 0.481 e. The third kappa shape index (κ3) is 3.69. The van der Waals surface area contributed by atoms with Crippen LogP contribution in [0.5, 0.6) is 5.88 Å². The number of anilines is 2. The molecule has 3 rings (SSSR count). The Kier molecular flexibility index (Phi) is 4.57. The van der Waals surface area contributed by atoms with E-state index in [0.29, 0.717) is 17.5 Å². The second kappa shape index (κ2) is 6.97. The standard InChI is InChI=1S/C17H19N5O/c1-23-17-10-16(19-12-20-17)21-14-6-8-22(9-7-14)15-4-2-13(11-18)3-5-15/h2-5,10,12,14H,6-9H2,1H3,(H,19,20,21). The topological polar surface area (TPSA) is 74.1 Å². The van der Waals surface area contributed by atoms with Gasteiger partial charge in [0, 0.05) is 30.9 Å². The van der Waals surface area contributed by atoms with Crippen molar-refractivity contribution < 1.29 is 4.74 Å². The molecule has 0 bridgehead atoms. The first kappa shape index (κ1) is 15.1. The lowest BCUT2D eigenvalue weighted by molar-refractivity contribution is 0.397. The Bertz CT molecular complexity index is 687. The van der Waals surface area contributed by atoms with Crippen molar-refractivity contribution in [3.8, 4) is 11.9 Å². The highest BCUT2D eigenvalue weighted by molar-refractivity contribution is 5.50. The van der Waals surface area contributed by atoms with Crippen LogP contribution in [0.25, 0.3) is 0 Å². The molecule has 1 saturated heterocycles. The Balaban J connectivity index is 1.56. The molecule has 2 heterocycles. The number of ether oxygens (including phenoxy) is 1. The predicted molar refractivity (Wildman–Crippen MR) is 88.6 cm³/mol. The zero-order valence-corrected chi connectivity index (χ0v) is 13.1. The molecule has 6 heteroatoms. The van der Waals surface area contributed by atoms with E-state index in [9.17, 15) is 0 Å². The van der Waals surface area contributed by atoms with Gasteiger partial charge in [0.1, 0.15) is 12.1 Å². The summed E-state index contributed by atoms with van der Waals surface area (Å²) in [6.45, 7) is 1.96. The maximum absolute atomic E-state index is 8.86. The van der Waals surface area contributed by atoms with Crippen molar-refractivity contribution in [3.63, 3.8) is 0 Å². The van der Waals surface area contributed by atoms with Gasteiger partial charge in [0.05, 0.1) is 18.7 Å². The molecule has 1 N–H and O–H groups in total. The number of nitrogens with zero attached hydrogens (tertiary/aromatic N) is 4. The Morgan fingerprint density at radius 3 is 2.61 bits per heavy atom. The van der Waals surface area contributed by atoms with Crippen molar-refractivity contribution in [1.29, 1.82) is 5.26 Å². The zero-order valence-electron chi connectivity index (χ0n) is 13.1. The SMILES string of the molecule is COc1cc(NC2CCN(c3ccc(C#N)cc3)CC2)ncn1. The highest BCUT2D eigenvalue weighted by Gasteiger charge is 2.19. The minimum atomic E-state index is 0.393. The molecule has 0 aliphatic carbocycles. The van der Waals surface area contributed by atoms with Crippen LogP contribution in [0.4, 0.5) is 11.5 Å². The first-order chi connectivity index (χ1) is 11.3. The highest BCUT2D eigenvalue weighted by Crippen LogP contribution is 2.22. The fourth-order valence-electron chi connectivity index (χ4n) is 2.77. The van der Waals surface area contributed by atoms with Crippen LogP contribution in [0.15, 0.2) is 36.7 Å². The second-order valence-electron chi connectivity index (χ2n) is 5.51. The summed E-state index contributed by atoms with van der Waals surface area (Å²) in [6, 6.07) is 12.1. The molecule has 0 spiro atoms. The molecule has 118 valence electrons. The summed E-state index contributed by atoms with van der Waals surface area (Å²) in [5.41, 5.74) is 1.87. The highest BCUT2D eigenvalue weighted by atomic mass is 16.5. The average Bonchev–Trinajstić information content (AvgIpc) is 2.63. The van der Waals surface area contributed by atoms with E-state index in [1.54, 1.807) is 7.11 Å². The molecule has 0 saturated carbocycles. The number of hydrogen-bond donors (Lipinski definition) is 1. The van der Waals surface area contributed by atoms with Crippen LogP contribution in [0.1, 0.15) is 18.4 Å². The van der Waals surface area contributed by atoms with Gasteiger partial charge in [-0.25, -0.2) is 9.97 Å². The van der Waals surface area contributed by atoms with Crippen LogP contribution < -0.4 is 15.0 Å². The maximum atomic E-state index is 8.86. The van der Waals surface area contributed by atoms with E-state index in [1.165, 1.54) is 12.0 Å². The van der Waals surface area contributed by atoms with Crippen molar-refractivity contribution >= 4 is 11.5 Å². The van der Waals surface area contributed by atoms with Gasteiger partial charge in [-0.3, -0.25) is 0 Å². The van der Waals surface area contributed by atoms with Crippen molar-refractivity contribution in [3.05, 3.63) is 42.2 Å². The first-order valence-corrected chi connectivity index (χ1v) is 7.66. The summed E-state index contributed by atoms with van der Waals surface area (Å²) in [5, 5.41) is 12.3. The lowest BCUT2D eigenvalue weighted by Gasteiger charge is -2.34. The van der Waals surface area contributed by atoms with E-state index >= 15 is 0 Å². The Hall–Kier alpha value is -2.81. The molecule has 0 amide bonds. The van der Waals surface area contributed by atoms with Crippen molar-refractivity contribution in [1.82, 2.24) is 9.97 Å². The molecule has 23 heavy (non-hydrogen) atoms. The number of methoxy groups -OCH3 is 1. The van der Waals surface area contributed by atoms with Crippen molar-refractivity contribution in [2.75, 3.05) is 30.4 Å². The molecule has 0 unspecified atom stereocenters. The van der Waals surface area contributed by atoms with Crippen LogP contribution in [0.3, 0.4) is 0 Å². The van der Waals surface area contributed by atoms with Gasteiger partial charge < -0.3 is 15.0 Å². The maximum Gasteiger partial charge on any atom is 0.218 e. The third-order valence-corrected chi connectivity index (χ3v) is 4.06. The Morgan fingerprint density at radius 2 is 1.96 bits per heavy atom. The van der Waals surface area contributed by atoms with Crippen molar-refractivity contribution in [2.45, 2.75) is 18.9 Å². The summed E-state index contributed by atoms with van der Waals surface area (Å²) in [6.07, 6.45) is 3.58. The number of nitrogens with one attached hydrogen (secondary N) is 1. The zero-order chi connectivity index (χ0) is 16.1. The normalized spacial score (nSPS) is 15.0. The van der Waals surface area contributed by atoms with Gasteiger partial charge in [-0.15, -0.1) is 0 Å². The molecule has 0 atom stereocenters. The molecule has 1 aromatic heterocycles. The van der Waals surface area contributed by atoms with Crippen molar-refractivity contribution in [2.24, 2.45) is 0 Å². The molecule has 2 aromatic rings. The van der Waals surface area contributed by atoms with E-state index in [4.69, 9.17) is 10.00 Å². The van der Waals surface area contributed by atoms with Crippen LogP contribution in [0.2, 0.25) is 0 Å². The lowest BCUT2D eigenvalue weighted by Crippen LogP contribution is -2.39. The average molecular weight is 309 g/mol. The van der Waals surface area contributed by atoms with Gasteiger partial charge in [-0.05, 0) is 37.1 Å². The minimum Gasteiger partial charge on any atom is -0.481 e. The molecule has 1 aliphatic rings. The monoisotopic (exact) mass is 309 g/mol. The number of benzene rings is 1. The van der Waals surface area contributed by atoms with Gasteiger partial charge in [0.2, 0.25) is 5.88 Å². The molecule has 0 radical (unpaired) electrons. The van der Waals surface area contributed by atoms with Gasteiger partial charge in [0.15, 0.2) is 0 Å². The quantitative estimate of drug-likeness (QED) is 0.935. The molecule has 1 aliphatic heterocycles.